The van der Waals surface area contributed by atoms with Gasteiger partial charge in [-0.05, 0) is 31.2 Å². The van der Waals surface area contributed by atoms with E-state index in [1.807, 2.05) is 60.7 Å². The number of nitrogens with one attached hydrogen (secondary N) is 1. The predicted molar refractivity (Wildman–Crippen MR) is 123 cm³/mol. The number of aromatic nitrogens is 1. The highest BCUT2D eigenvalue weighted by Crippen LogP contribution is 2.24. The Bertz CT molecular complexity index is 982. The smallest absolute Gasteiger partial charge is 0.241 e. The lowest BCUT2D eigenvalue weighted by atomic mass is 10.0. The van der Waals surface area contributed by atoms with Gasteiger partial charge in [0.1, 0.15) is 17.3 Å². The van der Waals surface area contributed by atoms with Crippen LogP contribution >= 0.6 is 0 Å². The Hall–Kier alpha value is -2.96. The van der Waals surface area contributed by atoms with Gasteiger partial charge in [-0.25, -0.2) is 0 Å². The zero-order valence-corrected chi connectivity index (χ0v) is 18.0. The molecular formula is C25H30N4O2. The summed E-state index contributed by atoms with van der Waals surface area (Å²) in [5, 5.41) is 4.18. The third-order valence-corrected chi connectivity index (χ3v) is 5.74. The molecule has 0 bridgehead atoms. The Balaban J connectivity index is 1.31. The quantitative estimate of drug-likeness (QED) is 0.570. The van der Waals surface area contributed by atoms with Crippen molar-refractivity contribution in [3.05, 3.63) is 72.4 Å². The van der Waals surface area contributed by atoms with Gasteiger partial charge >= 0.3 is 0 Å². The van der Waals surface area contributed by atoms with Crippen molar-refractivity contribution in [1.82, 2.24) is 20.1 Å². The molecule has 1 unspecified atom stereocenters. The minimum Gasteiger partial charge on any atom is -0.491 e. The van der Waals surface area contributed by atoms with Crippen molar-refractivity contribution in [3.63, 3.8) is 0 Å². The number of ether oxygens (including phenoxy) is 1. The summed E-state index contributed by atoms with van der Waals surface area (Å²) in [5.41, 5.74) is 1.91. The molecule has 1 N–H and O–H groups in total. The molecule has 1 aliphatic heterocycles. The number of fused-ring (bicyclic) bond motifs is 1. The minimum absolute atomic E-state index is 0.0579. The van der Waals surface area contributed by atoms with Gasteiger partial charge in [0.2, 0.25) is 5.91 Å². The summed E-state index contributed by atoms with van der Waals surface area (Å²) in [6.45, 7) is 4.84. The van der Waals surface area contributed by atoms with Crippen molar-refractivity contribution >= 4 is 16.8 Å². The number of hydrogen-bond acceptors (Lipinski definition) is 5. The van der Waals surface area contributed by atoms with Gasteiger partial charge in [-0.2, -0.15) is 0 Å². The molecule has 31 heavy (non-hydrogen) atoms. The van der Waals surface area contributed by atoms with Gasteiger partial charge < -0.3 is 15.0 Å². The van der Waals surface area contributed by atoms with Crippen LogP contribution in [0.2, 0.25) is 0 Å². The fourth-order valence-electron chi connectivity index (χ4n) is 4.00. The van der Waals surface area contributed by atoms with E-state index in [1.165, 1.54) is 0 Å². The van der Waals surface area contributed by atoms with Crippen LogP contribution < -0.4 is 10.1 Å². The van der Waals surface area contributed by atoms with E-state index >= 15 is 0 Å². The van der Waals surface area contributed by atoms with E-state index in [4.69, 9.17) is 4.74 Å². The average Bonchev–Trinajstić information content (AvgIpc) is 2.81. The van der Waals surface area contributed by atoms with E-state index in [-0.39, 0.29) is 11.9 Å². The van der Waals surface area contributed by atoms with Crippen LogP contribution in [0.1, 0.15) is 18.0 Å². The third kappa shape index (κ3) is 5.40. The van der Waals surface area contributed by atoms with Crippen molar-refractivity contribution in [2.45, 2.75) is 12.5 Å². The Morgan fingerprint density at radius 2 is 1.81 bits per heavy atom. The molecule has 3 aromatic rings. The fourth-order valence-corrected chi connectivity index (χ4v) is 4.00. The maximum Gasteiger partial charge on any atom is 0.241 e. The zero-order valence-electron chi connectivity index (χ0n) is 18.0. The molecular weight excluding hydrogens is 388 g/mol. The Labute approximate surface area is 183 Å². The first-order valence-corrected chi connectivity index (χ1v) is 10.9. The van der Waals surface area contributed by atoms with Gasteiger partial charge in [0.15, 0.2) is 0 Å². The molecule has 0 spiro atoms. The number of carbonyl (C=O) groups is 1. The van der Waals surface area contributed by atoms with Crippen LogP contribution in [0.5, 0.6) is 5.75 Å². The first-order valence-electron chi connectivity index (χ1n) is 10.9. The lowest BCUT2D eigenvalue weighted by Gasteiger charge is -2.37. The third-order valence-electron chi connectivity index (χ3n) is 5.74. The van der Waals surface area contributed by atoms with E-state index < -0.39 is 0 Å². The topological polar surface area (TPSA) is 57.7 Å². The Morgan fingerprint density at radius 3 is 2.61 bits per heavy atom. The van der Waals surface area contributed by atoms with Crippen LogP contribution in [0.4, 0.5) is 0 Å². The molecule has 1 saturated heterocycles. The number of para-hydroxylation sites is 1. The molecule has 0 saturated carbocycles. The molecule has 2 heterocycles. The second-order valence-corrected chi connectivity index (χ2v) is 7.98. The molecule has 6 heteroatoms. The molecule has 0 radical (unpaired) electrons. The monoisotopic (exact) mass is 418 g/mol. The largest absolute Gasteiger partial charge is 0.491 e. The second kappa shape index (κ2) is 10.4. The summed E-state index contributed by atoms with van der Waals surface area (Å²) in [5.74, 6) is 0.839. The average molecular weight is 419 g/mol. The van der Waals surface area contributed by atoms with Gasteiger partial charge in [-0.1, -0.05) is 48.5 Å². The lowest BCUT2D eigenvalue weighted by Crippen LogP contribution is -2.50. The number of pyridine rings is 1. The molecule has 0 aliphatic carbocycles. The molecule has 162 valence electrons. The molecule has 1 aliphatic rings. The summed E-state index contributed by atoms with van der Waals surface area (Å²) in [6.07, 6.45) is 2.51. The second-order valence-electron chi connectivity index (χ2n) is 7.98. The minimum atomic E-state index is -0.252. The van der Waals surface area contributed by atoms with Gasteiger partial charge in [0.25, 0.3) is 0 Å². The van der Waals surface area contributed by atoms with Crippen molar-refractivity contribution in [2.75, 3.05) is 46.4 Å². The van der Waals surface area contributed by atoms with E-state index in [9.17, 15) is 4.79 Å². The number of hydrogen-bond donors (Lipinski definition) is 1. The lowest BCUT2D eigenvalue weighted by molar-refractivity contribution is -0.127. The summed E-state index contributed by atoms with van der Waals surface area (Å²) < 4.78 is 5.94. The molecule has 1 amide bonds. The van der Waals surface area contributed by atoms with Gasteiger partial charge in [-0.3, -0.25) is 14.7 Å². The highest BCUT2D eigenvalue weighted by atomic mass is 16.5. The Morgan fingerprint density at radius 1 is 1.03 bits per heavy atom. The first kappa shape index (κ1) is 21.3. The number of benzene rings is 2. The summed E-state index contributed by atoms with van der Waals surface area (Å²) in [7, 11) is 2.13. The number of nitrogens with zero attached hydrogens (tertiary/aromatic N) is 3. The van der Waals surface area contributed by atoms with Crippen LogP contribution in [0.3, 0.4) is 0 Å². The standard InChI is InChI=1S/C25H30N4O2/c1-28-15-17-29(18-16-28)24(21-8-3-2-4-9-21)25(30)27-14-7-19-31-22-12-5-10-20-11-6-13-26-23(20)22/h2-6,8-13,24H,7,14-19H2,1H3,(H,27,30). The SMILES string of the molecule is CN1CCN(C(C(=O)NCCCOc2cccc3cccnc23)c2ccccc2)CC1. The highest BCUT2D eigenvalue weighted by molar-refractivity contribution is 5.84. The zero-order chi connectivity index (χ0) is 21.5. The van der Waals surface area contributed by atoms with Crippen LogP contribution in [-0.4, -0.2) is 67.1 Å². The van der Waals surface area contributed by atoms with Crippen molar-refractivity contribution in [1.29, 1.82) is 0 Å². The van der Waals surface area contributed by atoms with E-state index in [0.717, 1.165) is 54.8 Å². The van der Waals surface area contributed by atoms with Crippen LogP contribution in [0.15, 0.2) is 66.9 Å². The molecule has 2 aromatic carbocycles. The van der Waals surface area contributed by atoms with Crippen LogP contribution in [0, 0.1) is 0 Å². The van der Waals surface area contributed by atoms with E-state index in [2.05, 4.69) is 27.1 Å². The van der Waals surface area contributed by atoms with Crippen molar-refractivity contribution < 1.29 is 9.53 Å². The summed E-state index contributed by atoms with van der Waals surface area (Å²) in [4.78, 5) is 22.1. The van der Waals surface area contributed by atoms with Gasteiger partial charge in [0.05, 0.1) is 6.61 Å². The maximum absolute atomic E-state index is 13.1. The van der Waals surface area contributed by atoms with E-state index in [0.29, 0.717) is 13.2 Å². The highest BCUT2D eigenvalue weighted by Gasteiger charge is 2.29. The predicted octanol–water partition coefficient (Wildman–Crippen LogP) is 3.11. The number of likely N-dealkylation sites (N-methyl/N-ethyl adjacent to an activating group) is 1. The summed E-state index contributed by atoms with van der Waals surface area (Å²) in [6, 6.07) is 19.7. The molecule has 1 atom stereocenters. The summed E-state index contributed by atoms with van der Waals surface area (Å²) >= 11 is 0. The molecule has 4 rings (SSSR count). The molecule has 1 fully saturated rings. The number of amides is 1. The van der Waals surface area contributed by atoms with Crippen molar-refractivity contribution in [2.24, 2.45) is 0 Å². The van der Waals surface area contributed by atoms with Gasteiger partial charge in [-0.15, -0.1) is 0 Å². The normalized spacial score (nSPS) is 16.2. The molecule has 6 nitrogen and oxygen atoms in total. The maximum atomic E-state index is 13.1. The van der Waals surface area contributed by atoms with Crippen LogP contribution in [-0.2, 0) is 4.79 Å². The molecule has 1 aromatic heterocycles. The number of carbonyl (C=O) groups excluding carboxylic acids is 1. The van der Waals surface area contributed by atoms with Gasteiger partial charge in [0, 0.05) is 44.3 Å². The number of piperazine rings is 1. The van der Waals surface area contributed by atoms with E-state index in [1.54, 1.807) is 6.20 Å². The van der Waals surface area contributed by atoms with Crippen molar-refractivity contribution in [3.8, 4) is 5.75 Å². The first-order chi connectivity index (χ1) is 15.2. The van der Waals surface area contributed by atoms with Crippen LogP contribution in [0.25, 0.3) is 10.9 Å². The number of rotatable bonds is 8. The fraction of sp³-hybridized carbons (Fsp3) is 0.360. The Kier molecular flexibility index (Phi) is 7.12.